The summed E-state index contributed by atoms with van der Waals surface area (Å²) in [5.74, 6) is -0.688. The molecule has 2 aromatic carbocycles. The number of aliphatic carboxylic acids is 1. The molecule has 0 amide bonds. The van der Waals surface area contributed by atoms with Crippen molar-refractivity contribution in [3.63, 3.8) is 0 Å². The van der Waals surface area contributed by atoms with Gasteiger partial charge in [0.2, 0.25) is 0 Å². The zero-order chi connectivity index (χ0) is 21.3. The molecule has 0 heterocycles. The first-order valence-electron chi connectivity index (χ1n) is 9.10. The second kappa shape index (κ2) is 10.6. The van der Waals surface area contributed by atoms with Crippen LogP contribution in [-0.2, 0) is 26.1 Å². The molecule has 29 heavy (non-hydrogen) atoms. The Balaban J connectivity index is 1.83. The third-order valence-corrected chi connectivity index (χ3v) is 4.38. The van der Waals surface area contributed by atoms with Crippen molar-refractivity contribution >= 4 is 27.9 Å². The van der Waals surface area contributed by atoms with Gasteiger partial charge in [0, 0.05) is 25.3 Å². The van der Waals surface area contributed by atoms with Crippen molar-refractivity contribution < 1.29 is 27.2 Å². The molecule has 0 radical (unpaired) electrons. The van der Waals surface area contributed by atoms with E-state index in [9.17, 15) is 13.2 Å². The van der Waals surface area contributed by atoms with Gasteiger partial charge in [-0.05, 0) is 42.3 Å². The Kier molecular flexibility index (Phi) is 8.23. The van der Waals surface area contributed by atoms with Gasteiger partial charge in [-0.25, -0.2) is 4.79 Å². The Morgan fingerprint density at radius 1 is 1.14 bits per heavy atom. The molecule has 7 nitrogen and oxygen atoms in total. The van der Waals surface area contributed by atoms with Gasteiger partial charge in [-0.1, -0.05) is 36.4 Å². The first kappa shape index (κ1) is 22.4. The Labute approximate surface area is 171 Å². The number of carboxylic acids is 1. The second-order valence-electron chi connectivity index (χ2n) is 6.32. The largest absolute Gasteiger partial charge is 0.479 e. The van der Waals surface area contributed by atoms with Gasteiger partial charge in [-0.15, -0.1) is 0 Å². The number of hydrogen-bond acceptors (Lipinski definition) is 6. The highest BCUT2D eigenvalue weighted by Crippen LogP contribution is 2.15. The highest BCUT2D eigenvalue weighted by molar-refractivity contribution is 7.86. The third kappa shape index (κ3) is 8.37. The van der Waals surface area contributed by atoms with Crippen molar-refractivity contribution in [1.29, 1.82) is 0 Å². The fourth-order valence-electron chi connectivity index (χ4n) is 2.57. The summed E-state index contributed by atoms with van der Waals surface area (Å²) in [5.41, 5.74) is 2.72. The first-order chi connectivity index (χ1) is 13.8. The minimum atomic E-state index is -3.52. The quantitative estimate of drug-likeness (QED) is 0.539. The van der Waals surface area contributed by atoms with Crippen molar-refractivity contribution in [2.45, 2.75) is 19.4 Å². The molecule has 0 unspecified atom stereocenters. The molecule has 8 heteroatoms. The molecule has 2 aromatic rings. The van der Waals surface area contributed by atoms with E-state index in [0.717, 1.165) is 23.1 Å². The third-order valence-electron chi connectivity index (χ3n) is 3.88. The van der Waals surface area contributed by atoms with E-state index in [2.05, 4.69) is 5.32 Å². The number of anilines is 1. The van der Waals surface area contributed by atoms with Gasteiger partial charge in [0.15, 0.2) is 6.10 Å². The average Bonchev–Trinajstić information content (AvgIpc) is 2.66. The highest BCUT2D eigenvalue weighted by Gasteiger charge is 2.17. The molecule has 2 rings (SSSR count). The lowest BCUT2D eigenvalue weighted by Gasteiger charge is -2.12. The van der Waals surface area contributed by atoms with Crippen LogP contribution in [0.2, 0.25) is 0 Å². The number of rotatable bonds is 11. The van der Waals surface area contributed by atoms with Crippen LogP contribution in [0.3, 0.4) is 0 Å². The smallest absolute Gasteiger partial charge is 0.333 e. The molecule has 0 saturated carbocycles. The van der Waals surface area contributed by atoms with Gasteiger partial charge in [-0.2, -0.15) is 8.42 Å². The lowest BCUT2D eigenvalue weighted by Crippen LogP contribution is -2.26. The number of hydrogen-bond donors (Lipinski definition) is 2. The normalized spacial score (nSPS) is 12.6. The van der Waals surface area contributed by atoms with E-state index in [4.69, 9.17) is 14.0 Å². The molecule has 0 aliphatic heterocycles. The molecule has 0 spiro atoms. The maximum absolute atomic E-state index is 11.2. The van der Waals surface area contributed by atoms with Crippen LogP contribution >= 0.6 is 0 Å². The Morgan fingerprint density at radius 2 is 1.79 bits per heavy atom. The Morgan fingerprint density at radius 3 is 2.34 bits per heavy atom. The highest BCUT2D eigenvalue weighted by atomic mass is 32.2. The van der Waals surface area contributed by atoms with E-state index in [1.54, 1.807) is 31.2 Å². The van der Waals surface area contributed by atoms with Crippen molar-refractivity contribution in [2.24, 2.45) is 0 Å². The molecule has 0 aliphatic carbocycles. The van der Waals surface area contributed by atoms with Gasteiger partial charge in [0.25, 0.3) is 0 Å². The number of carbonyl (C=O) groups is 1. The van der Waals surface area contributed by atoms with E-state index >= 15 is 0 Å². The first-order valence-corrected chi connectivity index (χ1v) is 10.9. The molecule has 0 bridgehead atoms. The lowest BCUT2D eigenvalue weighted by molar-refractivity contribution is -0.149. The summed E-state index contributed by atoms with van der Waals surface area (Å²) in [4.78, 5) is 11.2. The van der Waals surface area contributed by atoms with Crippen LogP contribution in [0.1, 0.15) is 18.1 Å². The maximum Gasteiger partial charge on any atom is 0.333 e. The lowest BCUT2D eigenvalue weighted by atomic mass is 10.1. The summed E-state index contributed by atoms with van der Waals surface area (Å²) < 4.78 is 32.2. The minimum absolute atomic E-state index is 0.275. The van der Waals surface area contributed by atoms with Crippen LogP contribution in [0.25, 0.3) is 6.08 Å². The summed E-state index contributed by atoms with van der Waals surface area (Å²) in [5, 5.41) is 12.4. The van der Waals surface area contributed by atoms with Crippen LogP contribution in [0.15, 0.2) is 54.6 Å². The van der Waals surface area contributed by atoms with Gasteiger partial charge < -0.3 is 19.3 Å². The average molecular weight is 419 g/mol. The molecule has 0 aliphatic rings. The van der Waals surface area contributed by atoms with E-state index in [0.29, 0.717) is 19.6 Å². The molecular weight excluding hydrogens is 394 g/mol. The molecular formula is C21H25NO6S. The monoisotopic (exact) mass is 419 g/mol. The zero-order valence-corrected chi connectivity index (χ0v) is 17.2. The molecule has 2 N–H and O–H groups in total. The van der Waals surface area contributed by atoms with Gasteiger partial charge >= 0.3 is 16.1 Å². The fraction of sp³-hybridized carbons (Fsp3) is 0.286. The Bertz CT molecular complexity index is 921. The molecule has 0 saturated heterocycles. The Hall–Kier alpha value is -2.84. The number of ether oxygens (including phenoxy) is 1. The van der Waals surface area contributed by atoms with Gasteiger partial charge in [0.1, 0.15) is 5.75 Å². The topological polar surface area (TPSA) is 102 Å². The number of carboxylic acid groups (broad SMARTS) is 1. The van der Waals surface area contributed by atoms with Crippen molar-refractivity contribution in [1.82, 2.24) is 0 Å². The van der Waals surface area contributed by atoms with E-state index < -0.39 is 22.2 Å². The summed E-state index contributed by atoms with van der Waals surface area (Å²) in [6, 6.07) is 14.3. The SMILES string of the molecule is CCO[C@@H](Cc1ccc(NCC=Cc2ccc(OS(C)(=O)=O)cc2)cc1)C(=O)O. The van der Waals surface area contributed by atoms with Crippen molar-refractivity contribution in [3.05, 3.63) is 65.7 Å². The standard InChI is InChI=1S/C21H25NO6S/c1-3-27-20(21(23)24)15-17-6-10-18(11-7-17)22-14-4-5-16-8-12-19(13-9-16)28-29(2,25)26/h4-13,20,22H,3,14-15H2,1-2H3,(H,23,24)/t20-/m0/s1. The van der Waals surface area contributed by atoms with Crippen LogP contribution in [0.5, 0.6) is 5.75 Å². The van der Waals surface area contributed by atoms with Crippen molar-refractivity contribution in [3.8, 4) is 5.75 Å². The summed E-state index contributed by atoms with van der Waals surface area (Å²) in [6.07, 6.45) is 4.34. The van der Waals surface area contributed by atoms with Crippen LogP contribution in [-0.4, -0.2) is 45.0 Å². The number of nitrogens with one attached hydrogen (secondary N) is 1. The maximum atomic E-state index is 11.2. The van der Waals surface area contributed by atoms with Gasteiger partial charge in [-0.3, -0.25) is 0 Å². The molecule has 0 aromatic heterocycles. The predicted molar refractivity (Wildman–Crippen MR) is 113 cm³/mol. The van der Waals surface area contributed by atoms with E-state index in [-0.39, 0.29) is 5.75 Å². The van der Waals surface area contributed by atoms with Gasteiger partial charge in [0.05, 0.1) is 6.26 Å². The summed E-state index contributed by atoms with van der Waals surface area (Å²) in [7, 11) is -3.52. The molecule has 0 fully saturated rings. The summed E-state index contributed by atoms with van der Waals surface area (Å²) in [6.45, 7) is 2.72. The predicted octanol–water partition coefficient (Wildman–Crippen LogP) is 3.18. The zero-order valence-electron chi connectivity index (χ0n) is 16.4. The second-order valence-corrected chi connectivity index (χ2v) is 7.90. The van der Waals surface area contributed by atoms with E-state index in [1.807, 2.05) is 36.4 Å². The number of benzene rings is 2. The van der Waals surface area contributed by atoms with E-state index in [1.165, 1.54) is 0 Å². The molecule has 1 atom stereocenters. The van der Waals surface area contributed by atoms with Crippen LogP contribution < -0.4 is 9.50 Å². The van der Waals surface area contributed by atoms with Crippen LogP contribution in [0, 0.1) is 0 Å². The summed E-state index contributed by atoms with van der Waals surface area (Å²) >= 11 is 0. The van der Waals surface area contributed by atoms with Crippen molar-refractivity contribution in [2.75, 3.05) is 24.7 Å². The molecule has 156 valence electrons. The fourth-order valence-corrected chi connectivity index (χ4v) is 3.03. The van der Waals surface area contributed by atoms with Crippen LogP contribution in [0.4, 0.5) is 5.69 Å². The minimum Gasteiger partial charge on any atom is -0.479 e.